The van der Waals surface area contributed by atoms with Gasteiger partial charge in [-0.2, -0.15) is 0 Å². The number of carbonyl (C=O) groups is 3. The summed E-state index contributed by atoms with van der Waals surface area (Å²) in [7, 11) is 0. The lowest BCUT2D eigenvalue weighted by atomic mass is 9.99. The number of unbranched alkanes of at least 4 members (excludes halogenated alkanes) is 30. The molecule has 0 aromatic rings. The average Bonchev–Trinajstić information content (AvgIpc) is 3.23. The van der Waals surface area contributed by atoms with Gasteiger partial charge in [-0.15, -0.1) is 0 Å². The van der Waals surface area contributed by atoms with E-state index < -0.39 is 6.10 Å². The van der Waals surface area contributed by atoms with Gasteiger partial charge in [-0.1, -0.05) is 260 Å². The van der Waals surface area contributed by atoms with Crippen molar-refractivity contribution >= 4 is 17.9 Å². The summed E-state index contributed by atoms with van der Waals surface area (Å²) >= 11 is 0. The Hall–Kier alpha value is -1.59. The van der Waals surface area contributed by atoms with Crippen molar-refractivity contribution in [3.63, 3.8) is 0 Å². The molecule has 0 saturated carbocycles. The van der Waals surface area contributed by atoms with Crippen molar-refractivity contribution in [3.05, 3.63) is 0 Å². The summed E-state index contributed by atoms with van der Waals surface area (Å²) in [5.41, 5.74) is 0. The van der Waals surface area contributed by atoms with Crippen molar-refractivity contribution in [1.82, 2.24) is 0 Å². The van der Waals surface area contributed by atoms with E-state index in [0.717, 1.165) is 75.5 Å². The maximum atomic E-state index is 12.8. The van der Waals surface area contributed by atoms with Crippen LogP contribution in [-0.2, 0) is 28.6 Å². The highest BCUT2D eigenvalue weighted by Crippen LogP contribution is 2.18. The Balaban J connectivity index is 4.28. The molecule has 6 nitrogen and oxygen atoms in total. The molecule has 362 valence electrons. The molecule has 0 N–H and O–H groups in total. The van der Waals surface area contributed by atoms with E-state index in [4.69, 9.17) is 14.2 Å². The number of esters is 3. The number of rotatable bonds is 48. The van der Waals surface area contributed by atoms with Crippen molar-refractivity contribution in [1.29, 1.82) is 0 Å². The van der Waals surface area contributed by atoms with Gasteiger partial charge in [-0.05, 0) is 37.0 Å². The summed E-state index contributed by atoms with van der Waals surface area (Å²) in [5, 5.41) is 0. The Kier molecular flexibility index (Phi) is 45.2. The summed E-state index contributed by atoms with van der Waals surface area (Å²) in [6.45, 7) is 13.7. The highest BCUT2D eigenvalue weighted by Gasteiger charge is 2.19. The quantitative estimate of drug-likeness (QED) is 0.0344. The molecule has 0 heterocycles. The molecule has 6 heteroatoms. The Morgan fingerprint density at radius 3 is 0.852 bits per heavy atom. The van der Waals surface area contributed by atoms with Crippen molar-refractivity contribution in [3.8, 4) is 0 Å². The smallest absolute Gasteiger partial charge is 0.306 e. The molecule has 0 aliphatic rings. The minimum absolute atomic E-state index is 0.0645. The van der Waals surface area contributed by atoms with E-state index in [2.05, 4.69) is 41.5 Å². The third-order valence-electron chi connectivity index (χ3n) is 12.8. The van der Waals surface area contributed by atoms with Gasteiger partial charge in [0.2, 0.25) is 0 Å². The number of ether oxygens (including phenoxy) is 3. The Bertz CT molecular complexity index is 947. The van der Waals surface area contributed by atoms with Crippen LogP contribution in [0.3, 0.4) is 0 Å². The first-order valence-corrected chi connectivity index (χ1v) is 27.1. The van der Waals surface area contributed by atoms with Crippen LogP contribution in [0.1, 0.15) is 298 Å². The van der Waals surface area contributed by atoms with Gasteiger partial charge < -0.3 is 14.2 Å². The highest BCUT2D eigenvalue weighted by atomic mass is 16.6. The molecule has 61 heavy (non-hydrogen) atoms. The zero-order chi connectivity index (χ0) is 44.9. The minimum Gasteiger partial charge on any atom is -0.462 e. The first-order chi connectivity index (χ1) is 29.6. The molecule has 0 bridgehead atoms. The fraction of sp³-hybridized carbons (Fsp3) is 0.945. The fourth-order valence-electron chi connectivity index (χ4n) is 8.26. The number of carbonyl (C=O) groups excluding carboxylic acids is 3. The molecule has 2 atom stereocenters. The van der Waals surface area contributed by atoms with Crippen LogP contribution in [0, 0.1) is 17.8 Å². The molecule has 0 aliphatic carbocycles. The van der Waals surface area contributed by atoms with Crippen molar-refractivity contribution in [2.75, 3.05) is 13.2 Å². The van der Waals surface area contributed by atoms with E-state index in [1.807, 2.05) is 0 Å². The van der Waals surface area contributed by atoms with Crippen LogP contribution in [0.5, 0.6) is 0 Å². The molecule has 1 unspecified atom stereocenters. The molecular weight excluding hydrogens is 757 g/mol. The van der Waals surface area contributed by atoms with E-state index in [0.29, 0.717) is 19.3 Å². The van der Waals surface area contributed by atoms with E-state index >= 15 is 0 Å². The predicted molar refractivity (Wildman–Crippen MR) is 261 cm³/mol. The van der Waals surface area contributed by atoms with Crippen LogP contribution < -0.4 is 0 Å². The summed E-state index contributed by atoms with van der Waals surface area (Å²) in [6, 6.07) is 0. The Morgan fingerprint density at radius 1 is 0.328 bits per heavy atom. The maximum absolute atomic E-state index is 12.8. The van der Waals surface area contributed by atoms with Gasteiger partial charge in [0.15, 0.2) is 6.10 Å². The van der Waals surface area contributed by atoms with Crippen molar-refractivity contribution in [2.45, 2.75) is 304 Å². The average molecular weight is 863 g/mol. The fourth-order valence-corrected chi connectivity index (χ4v) is 8.26. The lowest BCUT2D eigenvalue weighted by molar-refractivity contribution is -0.167. The van der Waals surface area contributed by atoms with Crippen LogP contribution in [0.25, 0.3) is 0 Å². The monoisotopic (exact) mass is 863 g/mol. The van der Waals surface area contributed by atoms with Gasteiger partial charge in [0.05, 0.1) is 0 Å². The molecule has 0 aromatic carbocycles. The zero-order valence-electron chi connectivity index (χ0n) is 42.0. The normalized spacial score (nSPS) is 12.6. The Morgan fingerprint density at radius 2 is 0.574 bits per heavy atom. The standard InChI is InChI=1S/C55H106O6/c1-7-51(6)43-37-31-25-18-15-16-20-28-34-40-46-55(58)61-52(48-60-54(57)45-39-33-27-22-21-24-30-36-42-50(4)5)47-59-53(56)44-38-32-26-19-14-12-10-8-9-11-13-17-23-29-35-41-49(2)3/h49-52H,7-48H2,1-6H3/t51?,52-/m1/s1. The summed E-state index contributed by atoms with van der Waals surface area (Å²) < 4.78 is 16.8. The lowest BCUT2D eigenvalue weighted by Gasteiger charge is -2.18. The molecule has 0 rings (SSSR count). The van der Waals surface area contributed by atoms with Crippen LogP contribution >= 0.6 is 0 Å². The number of hydrogen-bond donors (Lipinski definition) is 0. The molecule has 0 radical (unpaired) electrons. The van der Waals surface area contributed by atoms with E-state index in [1.165, 1.54) is 180 Å². The van der Waals surface area contributed by atoms with Crippen LogP contribution in [0.4, 0.5) is 0 Å². The summed E-state index contributed by atoms with van der Waals surface area (Å²) in [5.74, 6) is 1.66. The second kappa shape index (κ2) is 46.4. The second-order valence-electron chi connectivity index (χ2n) is 20.1. The molecule has 0 aliphatic heterocycles. The first kappa shape index (κ1) is 59.4. The third-order valence-corrected chi connectivity index (χ3v) is 12.8. The van der Waals surface area contributed by atoms with Gasteiger partial charge in [0.25, 0.3) is 0 Å². The molecule has 0 aromatic heterocycles. The van der Waals surface area contributed by atoms with Gasteiger partial charge in [-0.25, -0.2) is 0 Å². The molecule has 0 spiro atoms. The topological polar surface area (TPSA) is 78.9 Å². The Labute approximate surface area is 380 Å². The SMILES string of the molecule is CCC(C)CCCCCCCCCCCCC(=O)O[C@H](COC(=O)CCCCCCCCCCCCCCCCCC(C)C)COC(=O)CCCCCCCCCCC(C)C. The molecule has 0 amide bonds. The van der Waals surface area contributed by atoms with Crippen molar-refractivity contribution < 1.29 is 28.6 Å². The first-order valence-electron chi connectivity index (χ1n) is 27.1. The lowest BCUT2D eigenvalue weighted by Crippen LogP contribution is -2.30. The van der Waals surface area contributed by atoms with Gasteiger partial charge in [0.1, 0.15) is 13.2 Å². The summed E-state index contributed by atoms with van der Waals surface area (Å²) in [6.07, 6.45) is 46.6. The number of hydrogen-bond acceptors (Lipinski definition) is 6. The van der Waals surface area contributed by atoms with Gasteiger partial charge in [-0.3, -0.25) is 14.4 Å². The van der Waals surface area contributed by atoms with Crippen LogP contribution in [0.2, 0.25) is 0 Å². The predicted octanol–water partition coefficient (Wildman–Crippen LogP) is 17.6. The zero-order valence-corrected chi connectivity index (χ0v) is 42.0. The molecular formula is C55H106O6. The van der Waals surface area contributed by atoms with Crippen LogP contribution in [0.15, 0.2) is 0 Å². The van der Waals surface area contributed by atoms with Gasteiger partial charge >= 0.3 is 17.9 Å². The van der Waals surface area contributed by atoms with E-state index in [9.17, 15) is 14.4 Å². The molecule has 0 fully saturated rings. The third kappa shape index (κ3) is 47.7. The van der Waals surface area contributed by atoms with E-state index in [-0.39, 0.29) is 31.1 Å². The minimum atomic E-state index is -0.763. The maximum Gasteiger partial charge on any atom is 0.306 e. The second-order valence-corrected chi connectivity index (χ2v) is 20.1. The van der Waals surface area contributed by atoms with E-state index in [1.54, 1.807) is 0 Å². The molecule has 0 saturated heterocycles. The largest absolute Gasteiger partial charge is 0.462 e. The van der Waals surface area contributed by atoms with Gasteiger partial charge in [0, 0.05) is 19.3 Å². The summed E-state index contributed by atoms with van der Waals surface area (Å²) in [4.78, 5) is 38.0. The van der Waals surface area contributed by atoms with Crippen LogP contribution in [-0.4, -0.2) is 37.2 Å². The van der Waals surface area contributed by atoms with Crippen molar-refractivity contribution in [2.24, 2.45) is 17.8 Å². The highest BCUT2D eigenvalue weighted by molar-refractivity contribution is 5.71.